The monoisotopic (exact) mass is 524 g/mol. The van der Waals surface area contributed by atoms with Crippen LogP contribution < -0.4 is 9.64 Å². The molecule has 38 heavy (non-hydrogen) atoms. The SMILES string of the molecule is CC1(O)CCCN(c2nc(OCC34CCCN3CC(F)C4)nc3c2COC2(CCc4ccc(O)cc42)C3)C1. The van der Waals surface area contributed by atoms with Crippen molar-refractivity contribution in [1.82, 2.24) is 14.9 Å². The van der Waals surface area contributed by atoms with E-state index in [9.17, 15) is 14.6 Å². The van der Waals surface area contributed by atoms with Crippen LogP contribution in [0.2, 0.25) is 0 Å². The molecule has 1 spiro atoms. The fourth-order valence-electron chi connectivity index (χ4n) is 7.71. The highest BCUT2D eigenvalue weighted by atomic mass is 19.1. The molecule has 204 valence electrons. The minimum atomic E-state index is -0.814. The Hall–Kier alpha value is -2.49. The number of aryl methyl sites for hydroxylation is 1. The fourth-order valence-corrected chi connectivity index (χ4v) is 7.71. The Kier molecular flexibility index (Phi) is 5.66. The van der Waals surface area contributed by atoms with Gasteiger partial charge >= 0.3 is 6.01 Å². The maximum atomic E-state index is 14.3. The lowest BCUT2D eigenvalue weighted by Crippen LogP contribution is -2.47. The Morgan fingerprint density at radius 3 is 2.92 bits per heavy atom. The number of phenolic OH excluding ortho intramolecular Hbond substituents is 1. The van der Waals surface area contributed by atoms with Gasteiger partial charge in [-0.05, 0) is 75.3 Å². The van der Waals surface area contributed by atoms with Crippen molar-refractivity contribution in [3.63, 3.8) is 0 Å². The molecule has 0 radical (unpaired) electrons. The van der Waals surface area contributed by atoms with E-state index in [1.807, 2.05) is 19.1 Å². The Bertz CT molecular complexity index is 1260. The van der Waals surface area contributed by atoms with Crippen molar-refractivity contribution in [2.24, 2.45) is 0 Å². The van der Waals surface area contributed by atoms with Crippen molar-refractivity contribution in [3.8, 4) is 11.8 Å². The minimum Gasteiger partial charge on any atom is -0.508 e. The molecule has 7 rings (SSSR count). The number of aliphatic hydroxyl groups is 1. The number of ether oxygens (including phenoxy) is 2. The van der Waals surface area contributed by atoms with Crippen molar-refractivity contribution in [2.45, 2.75) is 87.8 Å². The number of halogens is 1. The number of rotatable bonds is 4. The Labute approximate surface area is 222 Å². The molecule has 8 nitrogen and oxygen atoms in total. The summed E-state index contributed by atoms with van der Waals surface area (Å²) >= 11 is 0. The van der Waals surface area contributed by atoms with Crippen LogP contribution in [0.25, 0.3) is 0 Å². The van der Waals surface area contributed by atoms with Crippen LogP contribution in [0.4, 0.5) is 10.2 Å². The van der Waals surface area contributed by atoms with Gasteiger partial charge in [-0.25, -0.2) is 4.39 Å². The van der Waals surface area contributed by atoms with E-state index in [0.717, 1.165) is 74.3 Å². The smallest absolute Gasteiger partial charge is 0.318 e. The summed E-state index contributed by atoms with van der Waals surface area (Å²) in [6.07, 6.45) is 5.58. The molecule has 9 heteroatoms. The quantitative estimate of drug-likeness (QED) is 0.629. The van der Waals surface area contributed by atoms with E-state index in [1.54, 1.807) is 6.07 Å². The zero-order valence-electron chi connectivity index (χ0n) is 22.1. The molecule has 5 heterocycles. The zero-order valence-corrected chi connectivity index (χ0v) is 22.1. The predicted molar refractivity (Wildman–Crippen MR) is 139 cm³/mol. The van der Waals surface area contributed by atoms with Crippen molar-refractivity contribution < 1.29 is 24.1 Å². The third-order valence-corrected chi connectivity index (χ3v) is 9.58. The number of alkyl halides is 1. The second-order valence-corrected chi connectivity index (χ2v) is 12.4. The van der Waals surface area contributed by atoms with E-state index < -0.39 is 17.4 Å². The average Bonchev–Trinajstić information content (AvgIpc) is 3.52. The van der Waals surface area contributed by atoms with Gasteiger partial charge in [-0.3, -0.25) is 4.90 Å². The predicted octanol–water partition coefficient (Wildman–Crippen LogP) is 3.40. The summed E-state index contributed by atoms with van der Waals surface area (Å²) < 4.78 is 27.3. The first-order valence-corrected chi connectivity index (χ1v) is 14.1. The second-order valence-electron chi connectivity index (χ2n) is 12.4. The molecule has 2 N–H and O–H groups in total. The molecule has 1 aromatic heterocycles. The lowest BCUT2D eigenvalue weighted by atomic mass is 9.86. The van der Waals surface area contributed by atoms with Crippen molar-refractivity contribution in [1.29, 1.82) is 0 Å². The summed E-state index contributed by atoms with van der Waals surface area (Å²) in [5.41, 5.74) is 2.47. The number of hydrogen-bond donors (Lipinski definition) is 2. The van der Waals surface area contributed by atoms with Gasteiger partial charge < -0.3 is 24.6 Å². The maximum absolute atomic E-state index is 14.3. The lowest BCUT2D eigenvalue weighted by Gasteiger charge is -2.41. The van der Waals surface area contributed by atoms with E-state index in [1.165, 1.54) is 5.56 Å². The first-order valence-electron chi connectivity index (χ1n) is 14.1. The number of aromatic nitrogens is 2. The molecular weight excluding hydrogens is 487 g/mol. The number of benzene rings is 1. The first kappa shape index (κ1) is 24.5. The molecular formula is C29H37FN4O4. The minimum absolute atomic E-state index is 0.241. The molecule has 0 saturated carbocycles. The van der Waals surface area contributed by atoms with Crippen LogP contribution in [0.3, 0.4) is 0 Å². The van der Waals surface area contributed by atoms with Gasteiger partial charge in [0.2, 0.25) is 0 Å². The number of nitrogens with zero attached hydrogens (tertiary/aromatic N) is 4. The van der Waals surface area contributed by atoms with Gasteiger partial charge in [0.15, 0.2) is 0 Å². The highest BCUT2D eigenvalue weighted by molar-refractivity contribution is 5.53. The van der Waals surface area contributed by atoms with E-state index in [-0.39, 0.29) is 11.3 Å². The van der Waals surface area contributed by atoms with Crippen LogP contribution in [0.15, 0.2) is 18.2 Å². The van der Waals surface area contributed by atoms with Crippen molar-refractivity contribution in [2.75, 3.05) is 37.7 Å². The molecule has 4 unspecified atom stereocenters. The third-order valence-electron chi connectivity index (χ3n) is 9.58. The van der Waals surface area contributed by atoms with E-state index in [0.29, 0.717) is 45.2 Å². The molecule has 3 fully saturated rings. The van der Waals surface area contributed by atoms with Gasteiger partial charge in [-0.1, -0.05) is 6.07 Å². The molecule has 2 aromatic rings. The molecule has 0 bridgehead atoms. The lowest BCUT2D eigenvalue weighted by molar-refractivity contribution is -0.0732. The topological polar surface area (TPSA) is 91.2 Å². The molecule has 3 saturated heterocycles. The number of aromatic hydroxyl groups is 1. The Balaban J connectivity index is 1.24. The highest BCUT2D eigenvalue weighted by Gasteiger charge is 2.50. The number of phenols is 1. The Morgan fingerprint density at radius 1 is 1.18 bits per heavy atom. The largest absolute Gasteiger partial charge is 0.508 e. The number of β-amino-alcohol motifs (C(OH)–C–C–N with tert-alkyl or cyclic N) is 1. The van der Waals surface area contributed by atoms with Crippen LogP contribution in [0, 0.1) is 0 Å². The first-order chi connectivity index (χ1) is 18.2. The van der Waals surface area contributed by atoms with Gasteiger partial charge in [0, 0.05) is 38.0 Å². The Morgan fingerprint density at radius 2 is 2.05 bits per heavy atom. The van der Waals surface area contributed by atoms with Gasteiger partial charge in [0.1, 0.15) is 24.3 Å². The normalized spacial score (nSPS) is 34.4. The van der Waals surface area contributed by atoms with Crippen LogP contribution in [0.1, 0.15) is 67.8 Å². The second kappa shape index (κ2) is 8.76. The third kappa shape index (κ3) is 4.05. The number of piperidine rings is 1. The summed E-state index contributed by atoms with van der Waals surface area (Å²) in [6, 6.07) is 5.87. The van der Waals surface area contributed by atoms with Gasteiger partial charge in [-0.15, -0.1) is 0 Å². The summed E-state index contributed by atoms with van der Waals surface area (Å²) in [7, 11) is 0. The average molecular weight is 525 g/mol. The fraction of sp³-hybridized carbons (Fsp3) is 0.655. The number of hydrogen-bond acceptors (Lipinski definition) is 8. The van der Waals surface area contributed by atoms with Gasteiger partial charge in [0.25, 0.3) is 0 Å². The van der Waals surface area contributed by atoms with Crippen LogP contribution in [-0.2, 0) is 29.8 Å². The van der Waals surface area contributed by atoms with E-state index in [2.05, 4.69) is 9.80 Å². The molecule has 4 aliphatic heterocycles. The van der Waals surface area contributed by atoms with Crippen molar-refractivity contribution in [3.05, 3.63) is 40.6 Å². The van der Waals surface area contributed by atoms with E-state index >= 15 is 0 Å². The zero-order chi connectivity index (χ0) is 26.1. The molecule has 1 aromatic carbocycles. The summed E-state index contributed by atoms with van der Waals surface area (Å²) in [5, 5.41) is 21.1. The summed E-state index contributed by atoms with van der Waals surface area (Å²) in [4.78, 5) is 14.2. The molecule has 4 atom stereocenters. The maximum Gasteiger partial charge on any atom is 0.318 e. The van der Waals surface area contributed by atoms with Gasteiger partial charge in [-0.2, -0.15) is 9.97 Å². The number of fused-ring (bicyclic) bond motifs is 4. The summed E-state index contributed by atoms with van der Waals surface area (Å²) in [6.45, 7) is 5.28. The molecule has 0 amide bonds. The van der Waals surface area contributed by atoms with Crippen molar-refractivity contribution >= 4 is 5.82 Å². The van der Waals surface area contributed by atoms with Crippen LogP contribution >= 0.6 is 0 Å². The van der Waals surface area contributed by atoms with Crippen LogP contribution in [0.5, 0.6) is 11.8 Å². The van der Waals surface area contributed by atoms with Gasteiger partial charge in [0.05, 0.1) is 29.0 Å². The molecule has 5 aliphatic rings. The molecule has 1 aliphatic carbocycles. The standard InChI is InChI=1S/C29H37FN4O4/c1-27(36)7-2-10-33(17-27)25-22-16-38-29(9-6-19-4-5-21(35)12-23(19)29)14-24(22)31-26(32-25)37-18-28-8-3-11-34(28)15-20(30)13-28/h4-5,12,20,35-36H,2-3,6-11,13-18H2,1H3. The summed E-state index contributed by atoms with van der Waals surface area (Å²) in [5.74, 6) is 1.01. The van der Waals surface area contributed by atoms with E-state index in [4.69, 9.17) is 19.4 Å². The number of anilines is 1. The van der Waals surface area contributed by atoms with Crippen LogP contribution in [-0.4, -0.2) is 75.2 Å². The highest BCUT2D eigenvalue weighted by Crippen LogP contribution is 2.48.